The second-order valence-corrected chi connectivity index (χ2v) is 8.27. The topological polar surface area (TPSA) is 69.6 Å². The van der Waals surface area contributed by atoms with E-state index in [0.29, 0.717) is 17.4 Å². The Bertz CT molecular complexity index is 656. The fourth-order valence-electron chi connectivity index (χ4n) is 3.61. The average molecular weight is 379 g/mol. The Balaban J connectivity index is 1.43. The van der Waals surface area contributed by atoms with E-state index in [-0.39, 0.29) is 30.5 Å². The average Bonchev–Trinajstić information content (AvgIpc) is 3.33. The van der Waals surface area contributed by atoms with Gasteiger partial charge in [0.1, 0.15) is 0 Å². The summed E-state index contributed by atoms with van der Waals surface area (Å²) in [6.07, 6.45) is 4.77. The number of nitrogens with zero attached hydrogens (tertiary/aromatic N) is 1. The van der Waals surface area contributed by atoms with Crippen LogP contribution in [0, 0.1) is 11.8 Å². The van der Waals surface area contributed by atoms with Crippen LogP contribution in [0.3, 0.4) is 0 Å². The first-order valence-electron chi connectivity index (χ1n) is 9.41. The van der Waals surface area contributed by atoms with Crippen molar-refractivity contribution in [3.8, 4) is 0 Å². The molecule has 3 rings (SSSR count). The van der Waals surface area contributed by atoms with Crippen molar-refractivity contribution in [3.63, 3.8) is 0 Å². The Hall–Kier alpha value is -1.59. The van der Waals surface area contributed by atoms with Gasteiger partial charge >= 0.3 is 5.97 Å². The molecule has 0 aromatic heterocycles. The number of aliphatic carboxylic acids is 1. The molecule has 0 heterocycles. The van der Waals surface area contributed by atoms with Crippen LogP contribution in [0.2, 0.25) is 5.02 Å². The molecule has 6 heteroatoms. The lowest BCUT2D eigenvalue weighted by molar-refractivity contribution is -0.140. The van der Waals surface area contributed by atoms with Crippen LogP contribution in [0.5, 0.6) is 0 Å². The van der Waals surface area contributed by atoms with Crippen molar-refractivity contribution >= 4 is 23.5 Å². The summed E-state index contributed by atoms with van der Waals surface area (Å²) >= 11 is 6.00. The van der Waals surface area contributed by atoms with Gasteiger partial charge in [0.05, 0.1) is 6.54 Å². The Morgan fingerprint density at radius 1 is 1.35 bits per heavy atom. The van der Waals surface area contributed by atoms with Crippen molar-refractivity contribution in [2.24, 2.45) is 11.8 Å². The minimum atomic E-state index is -0.770. The Labute approximate surface area is 159 Å². The van der Waals surface area contributed by atoms with Gasteiger partial charge in [-0.2, -0.15) is 0 Å². The van der Waals surface area contributed by atoms with Gasteiger partial charge in [0.2, 0.25) is 5.91 Å². The van der Waals surface area contributed by atoms with Crippen LogP contribution in [0.4, 0.5) is 0 Å². The van der Waals surface area contributed by atoms with Crippen LogP contribution in [-0.2, 0) is 16.0 Å². The molecule has 0 radical (unpaired) electrons. The number of carboxylic acids is 1. The van der Waals surface area contributed by atoms with Crippen molar-refractivity contribution in [2.45, 2.75) is 51.1 Å². The SMILES string of the molecule is CC(Cc1cccc(Cl)c1)C(=O)NC1CC(N(CC(=O)O)CC2CC2)C1. The zero-order valence-corrected chi connectivity index (χ0v) is 15.9. The third kappa shape index (κ3) is 5.45. The predicted octanol–water partition coefficient (Wildman–Crippen LogP) is 2.96. The number of amides is 1. The van der Waals surface area contributed by atoms with E-state index in [9.17, 15) is 9.59 Å². The zero-order valence-electron chi connectivity index (χ0n) is 15.2. The third-order valence-electron chi connectivity index (χ3n) is 5.38. The van der Waals surface area contributed by atoms with Gasteiger partial charge in [-0.05, 0) is 55.7 Å². The zero-order chi connectivity index (χ0) is 18.7. The van der Waals surface area contributed by atoms with E-state index >= 15 is 0 Å². The molecule has 1 unspecified atom stereocenters. The molecule has 2 aliphatic carbocycles. The van der Waals surface area contributed by atoms with E-state index in [1.165, 1.54) is 12.8 Å². The highest BCUT2D eigenvalue weighted by Crippen LogP contribution is 2.33. The first kappa shape index (κ1) is 19.2. The fourth-order valence-corrected chi connectivity index (χ4v) is 3.82. The third-order valence-corrected chi connectivity index (χ3v) is 5.62. The summed E-state index contributed by atoms with van der Waals surface area (Å²) in [6.45, 7) is 2.91. The van der Waals surface area contributed by atoms with Gasteiger partial charge < -0.3 is 10.4 Å². The molecule has 0 saturated heterocycles. The molecule has 1 aromatic rings. The second kappa shape index (κ2) is 8.40. The van der Waals surface area contributed by atoms with Gasteiger partial charge in [-0.1, -0.05) is 30.7 Å². The number of hydrogen-bond donors (Lipinski definition) is 2. The van der Waals surface area contributed by atoms with E-state index in [1.807, 2.05) is 31.2 Å². The summed E-state index contributed by atoms with van der Waals surface area (Å²) in [6, 6.07) is 8.04. The summed E-state index contributed by atoms with van der Waals surface area (Å²) in [5.41, 5.74) is 1.06. The summed E-state index contributed by atoms with van der Waals surface area (Å²) in [4.78, 5) is 25.6. The van der Waals surface area contributed by atoms with E-state index in [4.69, 9.17) is 16.7 Å². The van der Waals surface area contributed by atoms with Gasteiger partial charge in [0.25, 0.3) is 0 Å². The molecule has 2 fully saturated rings. The predicted molar refractivity (Wildman–Crippen MR) is 101 cm³/mol. The van der Waals surface area contributed by atoms with Crippen LogP contribution in [0.25, 0.3) is 0 Å². The smallest absolute Gasteiger partial charge is 0.317 e. The van der Waals surface area contributed by atoms with E-state index in [0.717, 1.165) is 24.9 Å². The van der Waals surface area contributed by atoms with Crippen molar-refractivity contribution in [1.82, 2.24) is 10.2 Å². The van der Waals surface area contributed by atoms with Gasteiger partial charge in [0, 0.05) is 29.6 Å². The van der Waals surface area contributed by atoms with Crippen LogP contribution >= 0.6 is 11.6 Å². The first-order valence-corrected chi connectivity index (χ1v) is 9.79. The summed E-state index contributed by atoms with van der Waals surface area (Å²) in [7, 11) is 0. The summed E-state index contributed by atoms with van der Waals surface area (Å²) < 4.78 is 0. The summed E-state index contributed by atoms with van der Waals surface area (Å²) in [5.74, 6) is -0.163. The monoisotopic (exact) mass is 378 g/mol. The lowest BCUT2D eigenvalue weighted by atomic mass is 9.84. The molecule has 1 atom stereocenters. The van der Waals surface area contributed by atoms with Crippen molar-refractivity contribution in [2.75, 3.05) is 13.1 Å². The minimum Gasteiger partial charge on any atom is -0.480 e. The molecule has 1 aromatic carbocycles. The number of carbonyl (C=O) groups excluding carboxylic acids is 1. The van der Waals surface area contributed by atoms with E-state index < -0.39 is 5.97 Å². The fraction of sp³-hybridized carbons (Fsp3) is 0.600. The molecule has 2 N–H and O–H groups in total. The maximum absolute atomic E-state index is 12.4. The highest BCUT2D eigenvalue weighted by molar-refractivity contribution is 6.30. The molecule has 2 saturated carbocycles. The number of carbonyl (C=O) groups is 2. The lowest BCUT2D eigenvalue weighted by Crippen LogP contribution is -2.56. The molecule has 26 heavy (non-hydrogen) atoms. The molecule has 2 aliphatic rings. The van der Waals surface area contributed by atoms with Gasteiger partial charge in [-0.15, -0.1) is 0 Å². The number of hydrogen-bond acceptors (Lipinski definition) is 3. The van der Waals surface area contributed by atoms with Crippen LogP contribution in [0.1, 0.15) is 38.2 Å². The molecule has 142 valence electrons. The van der Waals surface area contributed by atoms with E-state index in [1.54, 1.807) is 0 Å². The Kier molecular flexibility index (Phi) is 6.20. The highest BCUT2D eigenvalue weighted by Gasteiger charge is 2.38. The normalized spacial score (nSPS) is 23.3. The molecule has 1 amide bonds. The summed E-state index contributed by atoms with van der Waals surface area (Å²) in [5, 5.41) is 12.9. The second-order valence-electron chi connectivity index (χ2n) is 7.83. The van der Waals surface area contributed by atoms with Gasteiger partial charge in [0.15, 0.2) is 0 Å². The largest absolute Gasteiger partial charge is 0.480 e. The first-order chi connectivity index (χ1) is 12.4. The standard InChI is InChI=1S/C20H27ClN2O3/c1-13(7-15-3-2-4-16(21)8-15)20(26)22-17-9-18(10-17)23(12-19(24)25)11-14-5-6-14/h2-4,8,13-14,17-18H,5-7,9-12H2,1H3,(H,22,26)(H,24,25). The van der Waals surface area contributed by atoms with Crippen molar-refractivity contribution < 1.29 is 14.7 Å². The van der Waals surface area contributed by atoms with Crippen LogP contribution < -0.4 is 5.32 Å². The van der Waals surface area contributed by atoms with Crippen molar-refractivity contribution in [1.29, 1.82) is 0 Å². The number of carboxylic acid groups (broad SMARTS) is 1. The Morgan fingerprint density at radius 2 is 2.08 bits per heavy atom. The number of rotatable bonds is 9. The number of nitrogens with one attached hydrogen (secondary N) is 1. The van der Waals surface area contributed by atoms with Crippen LogP contribution in [-0.4, -0.2) is 47.1 Å². The highest BCUT2D eigenvalue weighted by atomic mass is 35.5. The molecule has 0 bridgehead atoms. The number of halogens is 1. The minimum absolute atomic E-state index is 0.0559. The van der Waals surface area contributed by atoms with E-state index in [2.05, 4.69) is 10.2 Å². The van der Waals surface area contributed by atoms with Crippen LogP contribution in [0.15, 0.2) is 24.3 Å². The Morgan fingerprint density at radius 3 is 2.69 bits per heavy atom. The van der Waals surface area contributed by atoms with Gasteiger partial charge in [-0.3, -0.25) is 14.5 Å². The molecule has 0 spiro atoms. The molecule has 0 aliphatic heterocycles. The molecular formula is C20H27ClN2O3. The maximum Gasteiger partial charge on any atom is 0.317 e. The lowest BCUT2D eigenvalue weighted by Gasteiger charge is -2.43. The number of benzene rings is 1. The quantitative estimate of drug-likeness (QED) is 0.693. The van der Waals surface area contributed by atoms with Gasteiger partial charge in [-0.25, -0.2) is 0 Å². The van der Waals surface area contributed by atoms with Crippen molar-refractivity contribution in [3.05, 3.63) is 34.9 Å². The maximum atomic E-state index is 12.4. The molecule has 5 nitrogen and oxygen atoms in total. The molecular weight excluding hydrogens is 352 g/mol.